The highest BCUT2D eigenvalue weighted by Crippen LogP contribution is 2.28. The molecule has 0 aliphatic carbocycles. The molecule has 0 aliphatic rings. The monoisotopic (exact) mass is 338 g/mol. The Morgan fingerprint density at radius 2 is 2.14 bits per heavy atom. The second-order valence-corrected chi connectivity index (χ2v) is 6.35. The first-order valence-corrected chi connectivity index (χ1v) is 8.86. The molecule has 5 nitrogen and oxygen atoms in total. The molecule has 0 aromatic carbocycles. The normalized spacial score (nSPS) is 10.5. The van der Waals surface area contributed by atoms with Gasteiger partial charge in [-0.25, -0.2) is 4.98 Å². The molecule has 2 rings (SSSR count). The lowest BCUT2D eigenvalue weighted by molar-refractivity contribution is -0.143. The van der Waals surface area contributed by atoms with E-state index in [2.05, 4.69) is 4.98 Å². The fourth-order valence-corrected chi connectivity index (χ4v) is 3.54. The van der Waals surface area contributed by atoms with Gasteiger partial charge in [0.25, 0.3) is 5.91 Å². The van der Waals surface area contributed by atoms with E-state index >= 15 is 0 Å². The van der Waals surface area contributed by atoms with Crippen LogP contribution in [0.4, 0.5) is 0 Å². The van der Waals surface area contributed by atoms with Gasteiger partial charge in [-0.05, 0) is 24.8 Å². The number of thiophene rings is 1. The first kappa shape index (κ1) is 16.6. The maximum absolute atomic E-state index is 12.5. The number of nitrogens with zero attached hydrogens (tertiary/aromatic N) is 2. The zero-order chi connectivity index (χ0) is 15.9. The zero-order valence-electron chi connectivity index (χ0n) is 12.6. The highest BCUT2D eigenvalue weighted by atomic mass is 32.1. The van der Waals surface area contributed by atoms with E-state index < -0.39 is 5.97 Å². The molecule has 0 spiro atoms. The molecular weight excluding hydrogens is 320 g/mol. The lowest BCUT2D eigenvalue weighted by Gasteiger charge is -2.19. The number of amides is 1. The molecule has 2 aromatic heterocycles. The second-order valence-electron chi connectivity index (χ2n) is 4.55. The number of hydrogen-bond acceptors (Lipinski definition) is 6. The number of thiazole rings is 1. The summed E-state index contributed by atoms with van der Waals surface area (Å²) in [4.78, 5) is 31.1. The van der Waals surface area contributed by atoms with Crippen LogP contribution < -0.4 is 0 Å². The van der Waals surface area contributed by atoms with Gasteiger partial charge in [-0.15, -0.1) is 22.7 Å². The van der Waals surface area contributed by atoms with Gasteiger partial charge in [0.1, 0.15) is 17.2 Å². The van der Waals surface area contributed by atoms with Crippen molar-refractivity contribution in [2.45, 2.75) is 20.3 Å². The Morgan fingerprint density at radius 1 is 1.32 bits per heavy atom. The van der Waals surface area contributed by atoms with E-state index in [4.69, 9.17) is 4.74 Å². The van der Waals surface area contributed by atoms with Gasteiger partial charge in [0.05, 0.1) is 11.5 Å². The highest BCUT2D eigenvalue weighted by Gasteiger charge is 2.21. The Bertz CT molecular complexity index is 623. The standard InChI is InChI=1S/C15H18N2O3S2/c1-3-7-17(9-13(18)20-4-2)15(19)11-10-22-14(16-11)12-6-5-8-21-12/h5-6,8,10H,3-4,7,9H2,1-2H3. The molecule has 0 saturated heterocycles. The Hall–Kier alpha value is -1.73. The summed E-state index contributed by atoms with van der Waals surface area (Å²) in [6.45, 7) is 4.49. The summed E-state index contributed by atoms with van der Waals surface area (Å²) in [5, 5.41) is 4.54. The fourth-order valence-electron chi connectivity index (χ4n) is 1.93. The molecule has 0 unspecified atom stereocenters. The summed E-state index contributed by atoms with van der Waals surface area (Å²) in [6, 6.07) is 3.92. The van der Waals surface area contributed by atoms with E-state index in [1.54, 1.807) is 23.6 Å². The molecule has 0 radical (unpaired) electrons. The van der Waals surface area contributed by atoms with Crippen LogP contribution in [0.3, 0.4) is 0 Å². The van der Waals surface area contributed by atoms with Crippen LogP contribution in [0.15, 0.2) is 22.9 Å². The third-order valence-corrected chi connectivity index (χ3v) is 4.74. The number of rotatable bonds is 7. The third kappa shape index (κ3) is 4.14. The van der Waals surface area contributed by atoms with Crippen molar-refractivity contribution in [3.63, 3.8) is 0 Å². The molecule has 0 atom stereocenters. The van der Waals surface area contributed by atoms with Gasteiger partial charge in [0.15, 0.2) is 0 Å². The van der Waals surface area contributed by atoms with Crippen LogP contribution in [0.1, 0.15) is 30.8 Å². The smallest absolute Gasteiger partial charge is 0.325 e. The lowest BCUT2D eigenvalue weighted by atomic mass is 10.3. The van der Waals surface area contributed by atoms with Crippen molar-refractivity contribution in [3.8, 4) is 9.88 Å². The molecule has 1 amide bonds. The Labute approximate surface area is 137 Å². The van der Waals surface area contributed by atoms with Crippen molar-refractivity contribution in [2.24, 2.45) is 0 Å². The highest BCUT2D eigenvalue weighted by molar-refractivity contribution is 7.20. The van der Waals surface area contributed by atoms with Crippen LogP contribution in [0.5, 0.6) is 0 Å². The van der Waals surface area contributed by atoms with Gasteiger partial charge < -0.3 is 9.64 Å². The fraction of sp³-hybridized carbons (Fsp3) is 0.400. The lowest BCUT2D eigenvalue weighted by Crippen LogP contribution is -2.37. The quantitative estimate of drug-likeness (QED) is 0.727. The second kappa shape index (κ2) is 8.05. The number of hydrogen-bond donors (Lipinski definition) is 0. The van der Waals surface area contributed by atoms with Crippen molar-refractivity contribution in [2.75, 3.05) is 19.7 Å². The molecule has 0 aliphatic heterocycles. The maximum atomic E-state index is 12.5. The maximum Gasteiger partial charge on any atom is 0.325 e. The van der Waals surface area contributed by atoms with Crippen LogP contribution in [0.2, 0.25) is 0 Å². The van der Waals surface area contributed by atoms with Crippen LogP contribution >= 0.6 is 22.7 Å². The molecule has 0 fully saturated rings. The molecule has 2 aromatic rings. The summed E-state index contributed by atoms with van der Waals surface area (Å²) >= 11 is 3.02. The molecule has 0 bridgehead atoms. The number of carbonyl (C=O) groups is 2. The van der Waals surface area contributed by atoms with Gasteiger partial charge >= 0.3 is 5.97 Å². The minimum Gasteiger partial charge on any atom is -0.465 e. The van der Waals surface area contributed by atoms with Crippen molar-refractivity contribution < 1.29 is 14.3 Å². The Kier molecular flexibility index (Phi) is 6.09. The first-order valence-electron chi connectivity index (χ1n) is 7.10. The van der Waals surface area contributed by atoms with Gasteiger partial charge in [0, 0.05) is 11.9 Å². The molecule has 0 N–H and O–H groups in total. The van der Waals surface area contributed by atoms with Gasteiger partial charge in [-0.2, -0.15) is 0 Å². The minimum atomic E-state index is -0.391. The third-order valence-electron chi connectivity index (χ3n) is 2.86. The average Bonchev–Trinajstić information content (AvgIpc) is 3.17. The molecule has 7 heteroatoms. The summed E-state index contributed by atoms with van der Waals surface area (Å²) in [6.07, 6.45) is 0.771. The molecule has 22 heavy (non-hydrogen) atoms. The number of ether oxygens (including phenoxy) is 1. The largest absolute Gasteiger partial charge is 0.465 e. The molecule has 118 valence electrons. The predicted molar refractivity (Wildman–Crippen MR) is 88.3 cm³/mol. The minimum absolute atomic E-state index is 0.0353. The first-order chi connectivity index (χ1) is 10.7. The van der Waals surface area contributed by atoms with Gasteiger partial charge in [-0.3, -0.25) is 9.59 Å². The average molecular weight is 338 g/mol. The number of esters is 1. The molecule has 2 heterocycles. The molecule has 0 saturated carbocycles. The van der Waals surface area contributed by atoms with E-state index in [1.165, 1.54) is 16.2 Å². The number of carbonyl (C=O) groups excluding carboxylic acids is 2. The van der Waals surface area contributed by atoms with Crippen molar-refractivity contribution in [1.82, 2.24) is 9.88 Å². The van der Waals surface area contributed by atoms with Crippen molar-refractivity contribution in [1.29, 1.82) is 0 Å². The zero-order valence-corrected chi connectivity index (χ0v) is 14.2. The summed E-state index contributed by atoms with van der Waals surface area (Å²) in [7, 11) is 0. The van der Waals surface area contributed by atoms with E-state index in [0.717, 1.165) is 16.3 Å². The summed E-state index contributed by atoms with van der Waals surface area (Å²) < 4.78 is 4.92. The predicted octanol–water partition coefficient (Wildman–Crippen LogP) is 3.29. The van der Waals surface area contributed by atoms with Gasteiger partial charge in [-0.1, -0.05) is 13.0 Å². The Morgan fingerprint density at radius 3 is 2.77 bits per heavy atom. The van der Waals surface area contributed by atoms with Crippen molar-refractivity contribution >= 4 is 34.6 Å². The van der Waals surface area contributed by atoms with Crippen LogP contribution in [0.25, 0.3) is 9.88 Å². The van der Waals surface area contributed by atoms with Crippen molar-refractivity contribution in [3.05, 3.63) is 28.6 Å². The Balaban J connectivity index is 2.11. The van der Waals surface area contributed by atoms with E-state index in [1.807, 2.05) is 24.4 Å². The summed E-state index contributed by atoms with van der Waals surface area (Å²) in [5.74, 6) is -0.619. The van der Waals surface area contributed by atoms with E-state index in [9.17, 15) is 9.59 Å². The SMILES string of the molecule is CCCN(CC(=O)OCC)C(=O)c1csc(-c2cccs2)n1. The molecular formula is C15H18N2O3S2. The van der Waals surface area contributed by atoms with E-state index in [-0.39, 0.29) is 12.5 Å². The van der Waals surface area contributed by atoms with E-state index in [0.29, 0.717) is 18.8 Å². The van der Waals surface area contributed by atoms with Gasteiger partial charge in [0.2, 0.25) is 0 Å². The summed E-state index contributed by atoms with van der Waals surface area (Å²) in [5.41, 5.74) is 0.381. The number of aromatic nitrogens is 1. The van der Waals surface area contributed by atoms with Crippen LogP contribution in [-0.4, -0.2) is 41.5 Å². The van der Waals surface area contributed by atoms with Crippen LogP contribution in [-0.2, 0) is 9.53 Å². The van der Waals surface area contributed by atoms with Crippen LogP contribution in [0, 0.1) is 0 Å². The topological polar surface area (TPSA) is 59.5 Å².